The third-order valence-corrected chi connectivity index (χ3v) is 1.21. The van der Waals surface area contributed by atoms with Gasteiger partial charge in [-0.1, -0.05) is 46.0 Å². The summed E-state index contributed by atoms with van der Waals surface area (Å²) in [4.78, 5) is 0. The largest absolute Gasteiger partial charge is 0.153 e. The zero-order chi connectivity index (χ0) is 5.54. The fourth-order valence-electron chi connectivity index (χ4n) is 0.677. The molecule has 0 bridgehead atoms. The molecule has 0 saturated carbocycles. The van der Waals surface area contributed by atoms with E-state index in [1.807, 2.05) is 0 Å². The van der Waals surface area contributed by atoms with Gasteiger partial charge in [0.1, 0.15) is 0 Å². The lowest BCUT2D eigenvalue weighted by Crippen LogP contribution is -1.70. The Kier molecular flexibility index (Phi) is 14.7. The van der Waals surface area contributed by atoms with Crippen molar-refractivity contribution in [1.82, 2.24) is 0 Å². The Morgan fingerprint density at radius 3 is 1.38 bits per heavy atom. The summed E-state index contributed by atoms with van der Waals surface area (Å²) < 4.78 is 0. The molecule has 52 valence electrons. The molecular weight excluding hydrogens is 115 g/mol. The molecule has 0 aliphatic rings. The molecule has 0 spiro atoms. The Morgan fingerprint density at radius 1 is 0.750 bits per heavy atom. The van der Waals surface area contributed by atoms with Crippen LogP contribution in [-0.2, 0) is 0 Å². The fourth-order valence-corrected chi connectivity index (χ4v) is 0.677. The maximum Gasteiger partial charge on any atom is -0.0533 e. The van der Waals surface area contributed by atoms with Crippen molar-refractivity contribution in [2.75, 3.05) is 0 Å². The van der Waals surface area contributed by atoms with Crippen LogP contribution in [0.4, 0.5) is 0 Å². The van der Waals surface area contributed by atoms with Gasteiger partial charge < -0.3 is 0 Å². The predicted molar refractivity (Wildman–Crippen MR) is 45.5 cm³/mol. The summed E-state index contributed by atoms with van der Waals surface area (Å²) in [5.41, 5.74) is 0. The fraction of sp³-hybridized carbons (Fsp3) is 1.00. The van der Waals surface area contributed by atoms with E-state index in [1.54, 1.807) is 0 Å². The summed E-state index contributed by atoms with van der Waals surface area (Å²) in [6.45, 7) is 4.49. The highest BCUT2D eigenvalue weighted by atomic mass is 31.0. The van der Waals surface area contributed by atoms with E-state index in [0.717, 1.165) is 0 Å². The smallest absolute Gasteiger partial charge is 0.0533 e. The van der Waals surface area contributed by atoms with E-state index in [2.05, 4.69) is 13.8 Å². The molecule has 0 fully saturated rings. The monoisotopic (exact) mass is 134 g/mol. The maximum atomic E-state index is 2.25. The molecule has 0 radical (unpaired) electrons. The molecule has 0 saturated heterocycles. The molecule has 0 heterocycles. The second kappa shape index (κ2) is 10.4. The summed E-state index contributed by atoms with van der Waals surface area (Å²) in [7, 11) is 0. The van der Waals surface area contributed by atoms with Gasteiger partial charge in [0.2, 0.25) is 0 Å². The van der Waals surface area contributed by atoms with E-state index in [4.69, 9.17) is 0 Å². The van der Waals surface area contributed by atoms with Gasteiger partial charge in [-0.05, 0) is 0 Å². The summed E-state index contributed by atoms with van der Waals surface area (Å²) in [5, 5.41) is 0. The maximum absolute atomic E-state index is 2.25. The zero-order valence-electron chi connectivity index (χ0n) is 6.24. The second-order valence-corrected chi connectivity index (χ2v) is 2.06. The third kappa shape index (κ3) is 9.66. The van der Waals surface area contributed by atoms with Gasteiger partial charge in [0.05, 0.1) is 0 Å². The molecule has 0 aromatic heterocycles. The summed E-state index contributed by atoms with van der Waals surface area (Å²) in [6, 6.07) is 0. The van der Waals surface area contributed by atoms with Crippen molar-refractivity contribution in [3.05, 3.63) is 0 Å². The van der Waals surface area contributed by atoms with E-state index in [-0.39, 0.29) is 9.90 Å². The van der Waals surface area contributed by atoms with Crippen LogP contribution in [0, 0.1) is 0 Å². The second-order valence-electron chi connectivity index (χ2n) is 2.06. The highest BCUT2D eigenvalue weighted by Crippen LogP contribution is 2.00. The van der Waals surface area contributed by atoms with Crippen LogP contribution in [0.15, 0.2) is 0 Å². The third-order valence-electron chi connectivity index (χ3n) is 1.21. The molecule has 8 heavy (non-hydrogen) atoms. The van der Waals surface area contributed by atoms with Crippen LogP contribution in [0.25, 0.3) is 0 Å². The number of hydrogen-bond donors (Lipinski definition) is 0. The molecule has 1 atom stereocenters. The summed E-state index contributed by atoms with van der Waals surface area (Å²) in [5.74, 6) is 0. The lowest BCUT2D eigenvalue weighted by atomic mass is 10.2. The molecule has 0 aromatic rings. The first-order chi connectivity index (χ1) is 3.41. The van der Waals surface area contributed by atoms with Crippen LogP contribution in [-0.4, -0.2) is 0 Å². The average molecular weight is 134 g/mol. The van der Waals surface area contributed by atoms with E-state index in [9.17, 15) is 0 Å². The molecular formula is C7H19P. The van der Waals surface area contributed by atoms with Crippen LogP contribution in [0.3, 0.4) is 0 Å². The zero-order valence-corrected chi connectivity index (χ0v) is 7.66. The van der Waals surface area contributed by atoms with Crippen LogP contribution >= 0.6 is 9.90 Å². The topological polar surface area (TPSA) is 0 Å². The highest BCUT2D eigenvalue weighted by molar-refractivity contribution is 6.92. The van der Waals surface area contributed by atoms with E-state index in [0.29, 0.717) is 0 Å². The Hall–Kier alpha value is 0.430. The number of unbranched alkanes of at least 4 members (excludes halogenated alkanes) is 4. The first kappa shape index (κ1) is 11.3. The van der Waals surface area contributed by atoms with Gasteiger partial charge in [0.25, 0.3) is 0 Å². The summed E-state index contributed by atoms with van der Waals surface area (Å²) >= 11 is 0. The van der Waals surface area contributed by atoms with Crippen molar-refractivity contribution in [3.63, 3.8) is 0 Å². The van der Waals surface area contributed by atoms with Crippen LogP contribution in [0.1, 0.15) is 46.0 Å². The lowest BCUT2D eigenvalue weighted by molar-refractivity contribution is 0.656. The van der Waals surface area contributed by atoms with E-state index in [1.165, 1.54) is 32.1 Å². The Bertz CT molecular complexity index is 23.6. The van der Waals surface area contributed by atoms with Gasteiger partial charge >= 0.3 is 0 Å². The van der Waals surface area contributed by atoms with Crippen molar-refractivity contribution >= 4 is 9.90 Å². The molecule has 1 unspecified atom stereocenters. The van der Waals surface area contributed by atoms with Gasteiger partial charge in [-0.25, -0.2) is 0 Å². The van der Waals surface area contributed by atoms with Crippen molar-refractivity contribution in [1.29, 1.82) is 0 Å². The van der Waals surface area contributed by atoms with Crippen molar-refractivity contribution in [3.8, 4) is 0 Å². The lowest BCUT2D eigenvalue weighted by Gasteiger charge is -1.90. The first-order valence-electron chi connectivity index (χ1n) is 3.41. The Labute approximate surface area is 56.7 Å². The molecule has 0 aliphatic carbocycles. The molecule has 0 aliphatic heterocycles. The number of hydrogen-bond acceptors (Lipinski definition) is 0. The highest BCUT2D eigenvalue weighted by Gasteiger charge is 1.80. The minimum absolute atomic E-state index is 0. The van der Waals surface area contributed by atoms with E-state index >= 15 is 0 Å². The van der Waals surface area contributed by atoms with Crippen LogP contribution in [0.5, 0.6) is 0 Å². The minimum atomic E-state index is 0. The Morgan fingerprint density at radius 2 is 1.12 bits per heavy atom. The van der Waals surface area contributed by atoms with Crippen molar-refractivity contribution in [2.45, 2.75) is 46.0 Å². The van der Waals surface area contributed by atoms with Gasteiger partial charge in [0.15, 0.2) is 0 Å². The summed E-state index contributed by atoms with van der Waals surface area (Å²) in [6.07, 6.45) is 7.01. The van der Waals surface area contributed by atoms with Crippen molar-refractivity contribution < 1.29 is 0 Å². The van der Waals surface area contributed by atoms with Gasteiger partial charge in [-0.3, -0.25) is 0 Å². The first-order valence-corrected chi connectivity index (χ1v) is 3.41. The molecule has 0 N–H and O–H groups in total. The normalized spacial score (nSPS) is 8.25. The van der Waals surface area contributed by atoms with E-state index < -0.39 is 0 Å². The standard InChI is InChI=1S/C7H16.H3P/c1-3-5-7-6-4-2;/h3-7H2,1-2H3;1H3. The minimum Gasteiger partial charge on any atom is -0.153 e. The van der Waals surface area contributed by atoms with Crippen LogP contribution < -0.4 is 0 Å². The van der Waals surface area contributed by atoms with Gasteiger partial charge in [-0.2, -0.15) is 9.90 Å². The van der Waals surface area contributed by atoms with Crippen molar-refractivity contribution in [2.24, 2.45) is 0 Å². The molecule has 1 heteroatoms. The Balaban J connectivity index is 0. The molecule has 0 nitrogen and oxygen atoms in total. The molecule has 0 rings (SSSR count). The van der Waals surface area contributed by atoms with Crippen LogP contribution in [0.2, 0.25) is 0 Å². The average Bonchev–Trinajstić information content (AvgIpc) is 1.69. The quantitative estimate of drug-likeness (QED) is 0.409. The number of rotatable bonds is 4. The predicted octanol–water partition coefficient (Wildman–Crippen LogP) is 3.03. The molecule has 0 aromatic carbocycles. The molecule has 0 amide bonds. The van der Waals surface area contributed by atoms with Gasteiger partial charge in [0, 0.05) is 0 Å². The van der Waals surface area contributed by atoms with Gasteiger partial charge in [-0.15, -0.1) is 0 Å². The SMILES string of the molecule is CCCCCCC.P.